The summed E-state index contributed by atoms with van der Waals surface area (Å²) in [5.41, 5.74) is 3.28. The van der Waals surface area contributed by atoms with Crippen LogP contribution in [0.25, 0.3) is 0 Å². The summed E-state index contributed by atoms with van der Waals surface area (Å²) in [5.74, 6) is 5.41. The number of hydrogen-bond donors (Lipinski definition) is 2. The fraction of sp³-hybridized carbons (Fsp3) is 0.455. The van der Waals surface area contributed by atoms with Crippen molar-refractivity contribution >= 4 is 23.2 Å². The predicted molar refractivity (Wildman–Crippen MR) is 68.0 cm³/mol. The normalized spacial score (nSPS) is 13.0. The maximum absolute atomic E-state index is 11.9. The molecule has 1 rings (SSSR count). The highest BCUT2D eigenvalue weighted by Crippen LogP contribution is 2.27. The van der Waals surface area contributed by atoms with Gasteiger partial charge < -0.3 is 4.74 Å². The second-order valence-electron chi connectivity index (χ2n) is 3.64. The molecule has 18 heavy (non-hydrogen) atoms. The van der Waals surface area contributed by atoms with Crippen molar-refractivity contribution in [1.82, 2.24) is 5.43 Å². The first kappa shape index (κ1) is 15.6. The molecule has 7 heteroatoms. The Morgan fingerprint density at radius 3 is 2.67 bits per heavy atom. The number of benzene rings is 1. The van der Waals surface area contributed by atoms with Crippen LogP contribution in [0.3, 0.4) is 0 Å². The topological polar surface area (TPSA) is 47.3 Å². The Kier molecular flexibility index (Phi) is 6.81. The van der Waals surface area contributed by atoms with Gasteiger partial charge in [0.25, 0.3) is 6.43 Å². The quantitative estimate of drug-likeness (QED) is 0.462. The second kappa shape index (κ2) is 7.86. The molecule has 0 spiro atoms. The fourth-order valence-electron chi connectivity index (χ4n) is 1.48. The van der Waals surface area contributed by atoms with Crippen molar-refractivity contribution in [3.63, 3.8) is 0 Å². The van der Waals surface area contributed by atoms with Crippen molar-refractivity contribution in [1.29, 1.82) is 0 Å². The Bertz CT molecular complexity index is 380. The van der Waals surface area contributed by atoms with Gasteiger partial charge in [0, 0.05) is 22.7 Å². The van der Waals surface area contributed by atoms with Gasteiger partial charge in [-0.2, -0.15) is 0 Å². The van der Waals surface area contributed by atoms with E-state index in [1.807, 2.05) is 0 Å². The van der Waals surface area contributed by atoms with Crippen molar-refractivity contribution in [2.75, 3.05) is 13.2 Å². The molecule has 0 aliphatic rings. The molecule has 0 heterocycles. The molecule has 1 atom stereocenters. The number of ether oxygens (including phenoxy) is 1. The molecule has 0 aliphatic heterocycles. The van der Waals surface area contributed by atoms with E-state index in [9.17, 15) is 8.78 Å². The molecule has 0 aromatic heterocycles. The molecule has 0 saturated heterocycles. The zero-order chi connectivity index (χ0) is 13.5. The largest absolute Gasteiger partial charge is 0.375 e. The smallest absolute Gasteiger partial charge is 0.261 e. The lowest BCUT2D eigenvalue weighted by molar-refractivity contribution is 0.0143. The number of rotatable bonds is 7. The van der Waals surface area contributed by atoms with Crippen LogP contribution in [0.15, 0.2) is 18.2 Å². The van der Waals surface area contributed by atoms with Gasteiger partial charge >= 0.3 is 0 Å². The van der Waals surface area contributed by atoms with Crippen LogP contribution in [0.4, 0.5) is 8.78 Å². The highest BCUT2D eigenvalue weighted by atomic mass is 35.5. The van der Waals surface area contributed by atoms with Gasteiger partial charge in [-0.25, -0.2) is 8.78 Å². The Hall–Kier alpha value is -0.460. The van der Waals surface area contributed by atoms with E-state index in [0.717, 1.165) is 0 Å². The molecule has 1 aromatic rings. The van der Waals surface area contributed by atoms with Crippen molar-refractivity contribution < 1.29 is 13.5 Å². The zero-order valence-corrected chi connectivity index (χ0v) is 11.0. The van der Waals surface area contributed by atoms with Crippen molar-refractivity contribution in [2.24, 2.45) is 5.84 Å². The first-order chi connectivity index (χ1) is 8.54. The molecule has 0 saturated carbocycles. The lowest BCUT2D eigenvalue weighted by atomic mass is 10.0. The summed E-state index contributed by atoms with van der Waals surface area (Å²) in [5, 5.41) is 1.04. The van der Waals surface area contributed by atoms with E-state index < -0.39 is 13.0 Å². The van der Waals surface area contributed by atoms with Crippen molar-refractivity contribution in [3.8, 4) is 0 Å². The van der Waals surface area contributed by atoms with Crippen LogP contribution < -0.4 is 11.3 Å². The van der Waals surface area contributed by atoms with Crippen LogP contribution >= 0.6 is 23.2 Å². The van der Waals surface area contributed by atoms with Gasteiger partial charge in [0.1, 0.15) is 6.61 Å². The van der Waals surface area contributed by atoms with Gasteiger partial charge in [-0.05, 0) is 30.2 Å². The first-order valence-electron chi connectivity index (χ1n) is 5.31. The van der Waals surface area contributed by atoms with E-state index in [1.165, 1.54) is 0 Å². The van der Waals surface area contributed by atoms with E-state index in [-0.39, 0.29) is 12.6 Å². The molecule has 3 N–H and O–H groups in total. The maximum atomic E-state index is 11.9. The van der Waals surface area contributed by atoms with Gasteiger partial charge in [-0.15, -0.1) is 0 Å². The average molecular weight is 299 g/mol. The molecular formula is C11H14Cl2F2N2O. The molecule has 1 aromatic carbocycles. The third kappa shape index (κ3) is 5.04. The summed E-state index contributed by atoms with van der Waals surface area (Å²) in [6.45, 7) is -0.428. The number of hydrogen-bond acceptors (Lipinski definition) is 3. The van der Waals surface area contributed by atoms with Crippen molar-refractivity contribution in [3.05, 3.63) is 33.8 Å². The minimum atomic E-state index is -2.47. The Balaban J connectivity index is 2.57. The first-order valence-corrected chi connectivity index (χ1v) is 6.07. The van der Waals surface area contributed by atoms with Crippen LogP contribution in [0, 0.1) is 0 Å². The SMILES string of the molecule is NNC(CCOCC(F)F)c1cc(Cl)ccc1Cl. The van der Waals surface area contributed by atoms with Crippen LogP contribution in [-0.2, 0) is 4.74 Å². The van der Waals surface area contributed by atoms with Crippen LogP contribution in [0.5, 0.6) is 0 Å². The number of alkyl halides is 2. The number of nitrogens with two attached hydrogens (primary N) is 1. The molecule has 1 unspecified atom stereocenters. The van der Waals surface area contributed by atoms with Crippen molar-refractivity contribution in [2.45, 2.75) is 18.9 Å². The molecule has 0 amide bonds. The minimum Gasteiger partial charge on any atom is -0.375 e. The summed E-state index contributed by atoms with van der Waals surface area (Å²) < 4.78 is 28.6. The van der Waals surface area contributed by atoms with Gasteiger partial charge in [0.05, 0.1) is 0 Å². The summed E-state index contributed by atoms with van der Waals surface area (Å²) in [6.07, 6.45) is -2.05. The third-order valence-electron chi connectivity index (χ3n) is 2.33. The zero-order valence-electron chi connectivity index (χ0n) is 9.51. The lowest BCUT2D eigenvalue weighted by Gasteiger charge is -2.18. The number of halogens is 4. The number of hydrazine groups is 1. The molecule has 102 valence electrons. The van der Waals surface area contributed by atoms with Gasteiger partial charge in [-0.3, -0.25) is 11.3 Å². The molecule has 0 bridgehead atoms. The highest BCUT2D eigenvalue weighted by molar-refractivity contribution is 6.33. The fourth-order valence-corrected chi connectivity index (χ4v) is 1.91. The summed E-state index contributed by atoms with van der Waals surface area (Å²) in [4.78, 5) is 0. The summed E-state index contributed by atoms with van der Waals surface area (Å²) in [7, 11) is 0. The number of nitrogens with one attached hydrogen (secondary N) is 1. The van der Waals surface area contributed by atoms with E-state index >= 15 is 0 Å². The predicted octanol–water partition coefficient (Wildman–Crippen LogP) is 3.17. The Morgan fingerprint density at radius 2 is 2.06 bits per heavy atom. The second-order valence-corrected chi connectivity index (χ2v) is 4.48. The van der Waals surface area contributed by atoms with Gasteiger partial charge in [0.15, 0.2) is 0 Å². The van der Waals surface area contributed by atoms with E-state index in [4.69, 9.17) is 33.8 Å². The van der Waals surface area contributed by atoms with Crippen LogP contribution in [-0.4, -0.2) is 19.6 Å². The molecule has 0 fully saturated rings. The monoisotopic (exact) mass is 298 g/mol. The average Bonchev–Trinajstić information content (AvgIpc) is 2.33. The molecule has 3 nitrogen and oxygen atoms in total. The molecule has 0 radical (unpaired) electrons. The summed E-state index contributed by atoms with van der Waals surface area (Å²) in [6, 6.07) is 4.70. The van der Waals surface area contributed by atoms with Crippen LogP contribution in [0.1, 0.15) is 18.0 Å². The van der Waals surface area contributed by atoms with E-state index in [0.29, 0.717) is 22.0 Å². The standard InChI is InChI=1S/C11H14Cl2F2N2O/c12-7-1-2-9(13)8(5-7)10(17-16)3-4-18-6-11(14)15/h1-2,5,10-11,17H,3-4,6,16H2. The van der Waals surface area contributed by atoms with E-state index in [1.54, 1.807) is 18.2 Å². The maximum Gasteiger partial charge on any atom is 0.261 e. The minimum absolute atomic E-state index is 0.155. The lowest BCUT2D eigenvalue weighted by Crippen LogP contribution is -2.29. The van der Waals surface area contributed by atoms with Crippen LogP contribution in [0.2, 0.25) is 10.0 Å². The van der Waals surface area contributed by atoms with E-state index in [2.05, 4.69) is 5.43 Å². The Labute approximate surface area is 114 Å². The van der Waals surface area contributed by atoms with Gasteiger partial charge in [-0.1, -0.05) is 23.2 Å². The van der Waals surface area contributed by atoms with Gasteiger partial charge in [0.2, 0.25) is 0 Å². The highest BCUT2D eigenvalue weighted by Gasteiger charge is 2.14. The molecule has 0 aliphatic carbocycles. The molecular weight excluding hydrogens is 285 g/mol. The summed E-state index contributed by atoms with van der Waals surface area (Å²) >= 11 is 11.9. The third-order valence-corrected chi connectivity index (χ3v) is 2.91. The Morgan fingerprint density at radius 1 is 1.33 bits per heavy atom.